The van der Waals surface area contributed by atoms with Crippen LogP contribution in [0, 0.1) is 5.92 Å². The molecule has 1 heterocycles. The molecule has 1 aliphatic carbocycles. The van der Waals surface area contributed by atoms with Crippen LogP contribution in [-0.2, 0) is 0 Å². The van der Waals surface area contributed by atoms with Crippen LogP contribution in [0.4, 0.5) is 0 Å². The Balaban J connectivity index is 2.01. The summed E-state index contributed by atoms with van der Waals surface area (Å²) < 4.78 is 0. The molecule has 0 aromatic carbocycles. The molecule has 0 aromatic heterocycles. The predicted octanol–water partition coefficient (Wildman–Crippen LogP) is 2.70. The van der Waals surface area contributed by atoms with E-state index in [0.29, 0.717) is 11.6 Å². The molecule has 0 amide bonds. The standard InChI is InChI=1S/C17H35N3/c1-4-6-16-7-5-9-17(14-18,10-8-16)20-12-11-19(3)15(2)13-20/h15-16H,4-14,18H2,1-3H3. The molecular formula is C17H35N3. The van der Waals surface area contributed by atoms with E-state index in [9.17, 15) is 0 Å². The maximum Gasteiger partial charge on any atom is 0.0333 e. The summed E-state index contributed by atoms with van der Waals surface area (Å²) in [4.78, 5) is 5.23. The van der Waals surface area contributed by atoms with Gasteiger partial charge in [-0.25, -0.2) is 0 Å². The first-order valence-corrected chi connectivity index (χ1v) is 8.76. The summed E-state index contributed by atoms with van der Waals surface area (Å²) in [5.41, 5.74) is 6.59. The van der Waals surface area contributed by atoms with Crippen LogP contribution in [0.2, 0.25) is 0 Å². The first kappa shape index (κ1) is 16.3. The molecule has 1 saturated heterocycles. The molecule has 118 valence electrons. The largest absolute Gasteiger partial charge is 0.329 e. The Bertz CT molecular complexity index is 294. The van der Waals surface area contributed by atoms with E-state index in [-0.39, 0.29) is 0 Å². The molecule has 3 unspecified atom stereocenters. The Morgan fingerprint density at radius 2 is 2.00 bits per heavy atom. The molecule has 2 aliphatic rings. The van der Waals surface area contributed by atoms with Gasteiger partial charge in [0.15, 0.2) is 0 Å². The Kier molecular flexibility index (Phi) is 5.88. The monoisotopic (exact) mass is 281 g/mol. The van der Waals surface area contributed by atoms with Gasteiger partial charge in [-0.3, -0.25) is 4.90 Å². The van der Waals surface area contributed by atoms with Crippen molar-refractivity contribution >= 4 is 0 Å². The molecule has 1 aliphatic heterocycles. The fourth-order valence-corrected chi connectivity index (χ4v) is 4.29. The number of hydrogen-bond donors (Lipinski definition) is 1. The lowest BCUT2D eigenvalue weighted by Crippen LogP contribution is -2.61. The topological polar surface area (TPSA) is 32.5 Å². The quantitative estimate of drug-likeness (QED) is 0.804. The molecule has 3 heteroatoms. The van der Waals surface area contributed by atoms with E-state index in [4.69, 9.17) is 5.73 Å². The third-order valence-electron chi connectivity index (χ3n) is 5.98. The number of nitrogens with zero attached hydrogens (tertiary/aromatic N) is 2. The summed E-state index contributed by atoms with van der Waals surface area (Å²) >= 11 is 0. The van der Waals surface area contributed by atoms with E-state index in [0.717, 1.165) is 12.5 Å². The zero-order valence-electron chi connectivity index (χ0n) is 13.9. The average Bonchev–Trinajstić information content (AvgIpc) is 2.66. The van der Waals surface area contributed by atoms with E-state index >= 15 is 0 Å². The van der Waals surface area contributed by atoms with Crippen molar-refractivity contribution in [3.05, 3.63) is 0 Å². The molecule has 0 bridgehead atoms. The summed E-state index contributed by atoms with van der Waals surface area (Å²) in [6, 6.07) is 0.668. The van der Waals surface area contributed by atoms with Crippen molar-refractivity contribution < 1.29 is 0 Å². The van der Waals surface area contributed by atoms with Crippen LogP contribution in [0.5, 0.6) is 0 Å². The van der Waals surface area contributed by atoms with Crippen LogP contribution in [0.1, 0.15) is 58.8 Å². The second kappa shape index (κ2) is 7.24. The van der Waals surface area contributed by atoms with Crippen LogP contribution < -0.4 is 5.73 Å². The lowest BCUT2D eigenvalue weighted by molar-refractivity contribution is 0.00890. The van der Waals surface area contributed by atoms with Gasteiger partial charge in [-0.05, 0) is 39.2 Å². The summed E-state index contributed by atoms with van der Waals surface area (Å²) in [6.45, 7) is 9.13. The molecule has 2 fully saturated rings. The van der Waals surface area contributed by atoms with Gasteiger partial charge in [0.2, 0.25) is 0 Å². The Hall–Kier alpha value is -0.120. The van der Waals surface area contributed by atoms with E-state index in [1.165, 1.54) is 64.6 Å². The lowest BCUT2D eigenvalue weighted by Gasteiger charge is -2.49. The number of likely N-dealkylation sites (N-methyl/N-ethyl adjacent to an activating group) is 1. The number of rotatable bonds is 4. The van der Waals surface area contributed by atoms with E-state index < -0.39 is 0 Å². The zero-order chi connectivity index (χ0) is 14.6. The van der Waals surface area contributed by atoms with Gasteiger partial charge in [0.25, 0.3) is 0 Å². The highest BCUT2D eigenvalue weighted by Crippen LogP contribution is 2.36. The van der Waals surface area contributed by atoms with Crippen molar-refractivity contribution in [3.8, 4) is 0 Å². The first-order valence-electron chi connectivity index (χ1n) is 8.76. The Morgan fingerprint density at radius 3 is 2.65 bits per heavy atom. The molecule has 2 rings (SSSR count). The van der Waals surface area contributed by atoms with Gasteiger partial charge in [0.05, 0.1) is 0 Å². The molecule has 0 radical (unpaired) electrons. The summed E-state index contributed by atoms with van der Waals surface area (Å²) in [5.74, 6) is 0.957. The Labute approximate surface area is 125 Å². The minimum atomic E-state index is 0.304. The number of hydrogen-bond acceptors (Lipinski definition) is 3. The summed E-state index contributed by atoms with van der Waals surface area (Å²) in [6.07, 6.45) is 9.60. The third-order valence-corrected chi connectivity index (χ3v) is 5.98. The third kappa shape index (κ3) is 3.55. The van der Waals surface area contributed by atoms with Crippen molar-refractivity contribution in [1.29, 1.82) is 0 Å². The molecule has 1 saturated carbocycles. The van der Waals surface area contributed by atoms with E-state index in [2.05, 4.69) is 30.7 Å². The smallest absolute Gasteiger partial charge is 0.0333 e. The van der Waals surface area contributed by atoms with Gasteiger partial charge in [0.1, 0.15) is 0 Å². The fourth-order valence-electron chi connectivity index (χ4n) is 4.29. The minimum absolute atomic E-state index is 0.304. The van der Waals surface area contributed by atoms with Crippen molar-refractivity contribution in [3.63, 3.8) is 0 Å². The SMILES string of the molecule is CCCC1CCCC(CN)(N2CCN(C)C(C)C2)CC1. The molecule has 2 N–H and O–H groups in total. The van der Waals surface area contributed by atoms with Crippen LogP contribution in [-0.4, -0.2) is 54.6 Å². The first-order chi connectivity index (χ1) is 9.61. The lowest BCUT2D eigenvalue weighted by atomic mass is 9.86. The normalized spacial score (nSPS) is 37.8. The van der Waals surface area contributed by atoms with E-state index in [1.807, 2.05) is 0 Å². The van der Waals surface area contributed by atoms with Crippen LogP contribution in [0.3, 0.4) is 0 Å². The summed E-state index contributed by atoms with van der Waals surface area (Å²) in [7, 11) is 2.25. The van der Waals surface area contributed by atoms with Crippen LogP contribution in [0.25, 0.3) is 0 Å². The molecule has 20 heavy (non-hydrogen) atoms. The second-order valence-corrected chi connectivity index (χ2v) is 7.29. The molecular weight excluding hydrogens is 246 g/mol. The van der Waals surface area contributed by atoms with E-state index in [1.54, 1.807) is 0 Å². The molecule has 0 spiro atoms. The van der Waals surface area contributed by atoms with Crippen LogP contribution >= 0.6 is 0 Å². The van der Waals surface area contributed by atoms with Crippen molar-refractivity contribution in [2.45, 2.75) is 70.4 Å². The molecule has 3 atom stereocenters. The average molecular weight is 281 g/mol. The van der Waals surface area contributed by atoms with Gasteiger partial charge in [-0.2, -0.15) is 0 Å². The maximum atomic E-state index is 6.28. The summed E-state index contributed by atoms with van der Waals surface area (Å²) in [5, 5.41) is 0. The van der Waals surface area contributed by atoms with Gasteiger partial charge >= 0.3 is 0 Å². The molecule has 0 aromatic rings. The number of nitrogens with two attached hydrogens (primary N) is 1. The van der Waals surface area contributed by atoms with Crippen molar-refractivity contribution in [2.75, 3.05) is 33.2 Å². The minimum Gasteiger partial charge on any atom is -0.329 e. The highest BCUT2D eigenvalue weighted by molar-refractivity contribution is 4.97. The number of piperazine rings is 1. The van der Waals surface area contributed by atoms with Gasteiger partial charge in [-0.15, -0.1) is 0 Å². The Morgan fingerprint density at radius 1 is 1.20 bits per heavy atom. The maximum absolute atomic E-state index is 6.28. The fraction of sp³-hybridized carbons (Fsp3) is 1.00. The van der Waals surface area contributed by atoms with Crippen molar-refractivity contribution in [1.82, 2.24) is 9.80 Å². The van der Waals surface area contributed by atoms with Gasteiger partial charge < -0.3 is 10.6 Å². The van der Waals surface area contributed by atoms with Gasteiger partial charge in [0, 0.05) is 37.8 Å². The highest BCUT2D eigenvalue weighted by atomic mass is 15.3. The predicted molar refractivity (Wildman–Crippen MR) is 86.9 cm³/mol. The van der Waals surface area contributed by atoms with Crippen molar-refractivity contribution in [2.24, 2.45) is 11.7 Å². The highest BCUT2D eigenvalue weighted by Gasteiger charge is 2.39. The van der Waals surface area contributed by atoms with Crippen LogP contribution in [0.15, 0.2) is 0 Å². The zero-order valence-corrected chi connectivity index (χ0v) is 13.9. The molecule has 3 nitrogen and oxygen atoms in total. The van der Waals surface area contributed by atoms with Gasteiger partial charge in [-0.1, -0.05) is 32.6 Å². The second-order valence-electron chi connectivity index (χ2n) is 7.29.